The summed E-state index contributed by atoms with van der Waals surface area (Å²) in [5.74, 6) is 0.174. The van der Waals surface area contributed by atoms with Crippen LogP contribution in [0.4, 0.5) is 5.95 Å². The van der Waals surface area contributed by atoms with Crippen LogP contribution in [-0.2, 0) is 11.8 Å². The van der Waals surface area contributed by atoms with Crippen LogP contribution in [0.15, 0.2) is 41.3 Å². The number of hydrogen-bond acceptors (Lipinski definition) is 6. The largest absolute Gasteiger partial charge is 0.369 e. The number of nitrogens with two attached hydrogens (primary N) is 1. The Bertz CT molecular complexity index is 1150. The molecule has 8 nitrogen and oxygen atoms in total. The smallest absolute Gasteiger partial charge is 0.259 e. The summed E-state index contributed by atoms with van der Waals surface area (Å²) < 4.78 is 1.52. The third kappa shape index (κ3) is 4.15. The maximum atomic E-state index is 12.9. The minimum absolute atomic E-state index is 0.167. The summed E-state index contributed by atoms with van der Waals surface area (Å²) >= 11 is 6.29. The summed E-state index contributed by atoms with van der Waals surface area (Å²) in [5.41, 5.74) is 6.86. The van der Waals surface area contributed by atoms with Crippen LogP contribution in [0.5, 0.6) is 0 Å². The normalized spacial score (nSPS) is 15.4. The lowest BCUT2D eigenvalue weighted by Gasteiger charge is -2.31. The number of carbonyl (C=O) groups excluding carboxylic acids is 1. The predicted octanol–water partition coefficient (Wildman–Crippen LogP) is 2.01. The Hall–Kier alpha value is -2.97. The number of benzene rings is 1. The number of nitrogens with one attached hydrogen (secondary N) is 1. The molecular formula is C21H23ClN6O2. The summed E-state index contributed by atoms with van der Waals surface area (Å²) in [6.45, 7) is 1.86. The molecule has 3 N–H and O–H groups in total. The van der Waals surface area contributed by atoms with Gasteiger partial charge in [-0.2, -0.15) is 4.98 Å². The van der Waals surface area contributed by atoms with Gasteiger partial charge >= 0.3 is 0 Å². The molecule has 1 aliphatic heterocycles. The molecular weight excluding hydrogens is 404 g/mol. The summed E-state index contributed by atoms with van der Waals surface area (Å²) in [6.07, 6.45) is 3.44. The predicted molar refractivity (Wildman–Crippen MR) is 118 cm³/mol. The lowest BCUT2D eigenvalue weighted by molar-refractivity contribution is -0.119. The van der Waals surface area contributed by atoms with Gasteiger partial charge in [-0.05, 0) is 25.0 Å². The van der Waals surface area contributed by atoms with Crippen molar-refractivity contribution < 1.29 is 4.79 Å². The molecule has 1 fully saturated rings. The second-order valence-corrected chi connectivity index (χ2v) is 7.94. The second kappa shape index (κ2) is 8.41. The van der Waals surface area contributed by atoms with E-state index in [1.165, 1.54) is 4.57 Å². The maximum absolute atomic E-state index is 12.9. The molecule has 0 saturated carbocycles. The van der Waals surface area contributed by atoms with Gasteiger partial charge in [0.1, 0.15) is 5.65 Å². The van der Waals surface area contributed by atoms with Gasteiger partial charge in [0.15, 0.2) is 0 Å². The average molecular weight is 427 g/mol. The minimum Gasteiger partial charge on any atom is -0.369 e. The molecule has 0 unspecified atom stereocenters. The number of primary amides is 1. The van der Waals surface area contributed by atoms with E-state index >= 15 is 0 Å². The molecule has 0 spiro atoms. The molecule has 1 amide bonds. The van der Waals surface area contributed by atoms with Crippen molar-refractivity contribution in [3.8, 4) is 11.1 Å². The molecule has 156 valence electrons. The highest BCUT2D eigenvalue weighted by Gasteiger charge is 2.21. The first-order valence-electron chi connectivity index (χ1n) is 9.81. The third-order valence-electron chi connectivity index (χ3n) is 5.41. The first-order chi connectivity index (χ1) is 14.4. The van der Waals surface area contributed by atoms with Crippen LogP contribution in [0.1, 0.15) is 12.8 Å². The first-order valence-corrected chi connectivity index (χ1v) is 10.2. The summed E-state index contributed by atoms with van der Waals surface area (Å²) in [6, 6.07) is 9.25. The molecule has 0 aliphatic carbocycles. The van der Waals surface area contributed by atoms with Gasteiger partial charge in [0.05, 0.1) is 6.54 Å². The number of halogens is 1. The Morgan fingerprint density at radius 2 is 2.00 bits per heavy atom. The van der Waals surface area contributed by atoms with Crippen molar-refractivity contribution in [2.75, 3.05) is 25.0 Å². The number of fused-ring (bicyclic) bond motifs is 1. The highest BCUT2D eigenvalue weighted by molar-refractivity contribution is 6.33. The van der Waals surface area contributed by atoms with E-state index in [4.69, 9.17) is 17.3 Å². The second-order valence-electron chi connectivity index (χ2n) is 7.54. The van der Waals surface area contributed by atoms with Crippen molar-refractivity contribution in [3.05, 3.63) is 51.9 Å². The van der Waals surface area contributed by atoms with Crippen LogP contribution >= 0.6 is 11.6 Å². The van der Waals surface area contributed by atoms with Crippen LogP contribution in [0.2, 0.25) is 5.02 Å². The quantitative estimate of drug-likeness (QED) is 0.646. The highest BCUT2D eigenvalue weighted by Crippen LogP contribution is 2.27. The number of anilines is 1. The SMILES string of the molecule is Cn1c(=O)c(-c2ccccc2Cl)cc2cnc(NC3CCN(CC(N)=O)CC3)nc21. The van der Waals surface area contributed by atoms with Crippen LogP contribution in [0, 0.1) is 0 Å². The Labute approximate surface area is 178 Å². The van der Waals surface area contributed by atoms with E-state index in [0.717, 1.165) is 31.3 Å². The summed E-state index contributed by atoms with van der Waals surface area (Å²) in [7, 11) is 1.70. The number of aryl methyl sites for hydroxylation is 1. The number of likely N-dealkylation sites (tertiary alicyclic amines) is 1. The van der Waals surface area contributed by atoms with E-state index in [1.807, 2.05) is 23.1 Å². The van der Waals surface area contributed by atoms with Gasteiger partial charge in [-0.1, -0.05) is 29.8 Å². The zero-order chi connectivity index (χ0) is 21.3. The van der Waals surface area contributed by atoms with Gasteiger partial charge in [0, 0.05) is 53.9 Å². The topological polar surface area (TPSA) is 106 Å². The number of amides is 1. The molecule has 1 aromatic carbocycles. The van der Waals surface area contributed by atoms with Gasteiger partial charge in [0.2, 0.25) is 11.9 Å². The number of carbonyl (C=O) groups is 1. The lowest BCUT2D eigenvalue weighted by atomic mass is 10.1. The Morgan fingerprint density at radius 1 is 1.27 bits per heavy atom. The van der Waals surface area contributed by atoms with Gasteiger partial charge in [-0.25, -0.2) is 4.98 Å². The monoisotopic (exact) mass is 426 g/mol. The van der Waals surface area contributed by atoms with Crippen LogP contribution in [0.25, 0.3) is 22.2 Å². The van der Waals surface area contributed by atoms with E-state index in [9.17, 15) is 9.59 Å². The van der Waals surface area contributed by atoms with Crippen LogP contribution in [-0.4, -0.2) is 51.0 Å². The Kier molecular flexibility index (Phi) is 5.69. The molecule has 1 saturated heterocycles. The lowest BCUT2D eigenvalue weighted by Crippen LogP contribution is -2.43. The van der Waals surface area contributed by atoms with E-state index in [0.29, 0.717) is 27.7 Å². The van der Waals surface area contributed by atoms with Gasteiger partial charge < -0.3 is 11.1 Å². The number of rotatable bonds is 5. The summed E-state index contributed by atoms with van der Waals surface area (Å²) in [4.78, 5) is 35.1. The van der Waals surface area contributed by atoms with E-state index in [1.54, 1.807) is 25.4 Å². The number of piperidine rings is 1. The number of pyridine rings is 1. The van der Waals surface area contributed by atoms with E-state index in [-0.39, 0.29) is 24.1 Å². The molecule has 0 bridgehead atoms. The number of hydrogen-bond donors (Lipinski definition) is 2. The molecule has 4 rings (SSSR count). The molecule has 0 atom stereocenters. The molecule has 9 heteroatoms. The molecule has 30 heavy (non-hydrogen) atoms. The first kappa shape index (κ1) is 20.3. The highest BCUT2D eigenvalue weighted by atomic mass is 35.5. The zero-order valence-corrected chi connectivity index (χ0v) is 17.4. The standard InChI is InChI=1S/C21H23ClN6O2/c1-27-19-13(10-16(20(27)30)15-4-2-3-5-17(15)22)11-24-21(26-19)25-14-6-8-28(9-7-14)12-18(23)29/h2-5,10-11,14H,6-9,12H2,1H3,(H2,23,29)(H,24,25,26). The average Bonchev–Trinajstić information content (AvgIpc) is 2.73. The zero-order valence-electron chi connectivity index (χ0n) is 16.6. The molecule has 0 radical (unpaired) electrons. The van der Waals surface area contributed by atoms with Crippen molar-refractivity contribution in [1.82, 2.24) is 19.4 Å². The van der Waals surface area contributed by atoms with Crippen LogP contribution in [0.3, 0.4) is 0 Å². The molecule has 1 aliphatic rings. The fraction of sp³-hybridized carbons (Fsp3) is 0.333. The van der Waals surface area contributed by atoms with Crippen molar-refractivity contribution >= 4 is 34.5 Å². The van der Waals surface area contributed by atoms with Gasteiger partial charge in [0.25, 0.3) is 5.56 Å². The summed E-state index contributed by atoms with van der Waals surface area (Å²) in [5, 5.41) is 4.63. The third-order valence-corrected chi connectivity index (χ3v) is 5.74. The van der Waals surface area contributed by atoms with Crippen molar-refractivity contribution in [1.29, 1.82) is 0 Å². The Balaban J connectivity index is 1.57. The van der Waals surface area contributed by atoms with Crippen molar-refractivity contribution in [2.24, 2.45) is 12.8 Å². The number of nitrogens with zero attached hydrogens (tertiary/aromatic N) is 4. The minimum atomic E-state index is -0.309. The van der Waals surface area contributed by atoms with Crippen molar-refractivity contribution in [2.45, 2.75) is 18.9 Å². The van der Waals surface area contributed by atoms with Gasteiger partial charge in [-0.15, -0.1) is 0 Å². The maximum Gasteiger partial charge on any atom is 0.259 e. The molecule has 3 aromatic rings. The van der Waals surface area contributed by atoms with Gasteiger partial charge in [-0.3, -0.25) is 19.1 Å². The molecule has 3 heterocycles. The fourth-order valence-corrected chi connectivity index (χ4v) is 4.06. The fourth-order valence-electron chi connectivity index (χ4n) is 3.83. The van der Waals surface area contributed by atoms with E-state index < -0.39 is 0 Å². The van der Waals surface area contributed by atoms with Crippen LogP contribution < -0.4 is 16.6 Å². The van der Waals surface area contributed by atoms with Crippen molar-refractivity contribution in [3.63, 3.8) is 0 Å². The van der Waals surface area contributed by atoms with E-state index in [2.05, 4.69) is 15.3 Å². The molecule has 2 aromatic heterocycles. The number of aromatic nitrogens is 3. The Morgan fingerprint density at radius 3 is 2.70 bits per heavy atom.